The molecule has 0 aliphatic carbocycles. The van der Waals surface area contributed by atoms with Crippen LogP contribution in [0.2, 0.25) is 0 Å². The van der Waals surface area contributed by atoms with Crippen LogP contribution in [0.25, 0.3) is 10.1 Å². The highest BCUT2D eigenvalue weighted by Crippen LogP contribution is 2.26. The number of carbonyl (C=O) groups excluding carboxylic acids is 1. The van der Waals surface area contributed by atoms with Crippen molar-refractivity contribution in [2.24, 2.45) is 0 Å². The smallest absolute Gasteiger partial charge is 0.168 e. The molecule has 18 heavy (non-hydrogen) atoms. The third-order valence-electron chi connectivity index (χ3n) is 2.91. The highest BCUT2D eigenvalue weighted by molar-refractivity contribution is 7.19. The Hall–Kier alpha value is -1.93. The number of hydrogen-bond acceptors (Lipinski definition) is 2. The van der Waals surface area contributed by atoms with Crippen molar-refractivity contribution in [3.05, 3.63) is 71.1 Å². The van der Waals surface area contributed by atoms with E-state index in [9.17, 15) is 4.79 Å². The number of hydrogen-bond donors (Lipinski definition) is 0. The molecule has 3 aromatic rings. The molecule has 0 N–H and O–H groups in total. The van der Waals surface area contributed by atoms with Crippen molar-refractivity contribution in [1.29, 1.82) is 0 Å². The summed E-state index contributed by atoms with van der Waals surface area (Å²) in [5, 5.41) is 1.22. The van der Waals surface area contributed by atoms with Crippen LogP contribution in [0.3, 0.4) is 0 Å². The fraction of sp³-hybridized carbons (Fsp3) is 0.0625. The van der Waals surface area contributed by atoms with Crippen LogP contribution < -0.4 is 0 Å². The summed E-state index contributed by atoms with van der Waals surface area (Å²) in [6, 6.07) is 19.8. The number of fused-ring (bicyclic) bond motifs is 1. The minimum absolute atomic E-state index is 0.183. The maximum atomic E-state index is 12.1. The molecule has 2 aromatic carbocycles. The lowest BCUT2D eigenvalue weighted by Crippen LogP contribution is -2.01. The predicted octanol–water partition coefficient (Wildman–Crippen LogP) is 4.33. The number of thiophene rings is 1. The van der Waals surface area contributed by atoms with E-state index in [1.807, 2.05) is 42.5 Å². The largest absolute Gasteiger partial charge is 0.294 e. The Labute approximate surface area is 110 Å². The van der Waals surface area contributed by atoms with Crippen LogP contribution in [0, 0.1) is 0 Å². The number of ketones is 1. The molecule has 0 amide bonds. The van der Waals surface area contributed by atoms with Crippen LogP contribution in [0.5, 0.6) is 0 Å². The molecule has 0 aliphatic rings. The lowest BCUT2D eigenvalue weighted by atomic mass is 10.1. The molecule has 0 atom stereocenters. The van der Waals surface area contributed by atoms with Gasteiger partial charge in [-0.3, -0.25) is 4.79 Å². The lowest BCUT2D eigenvalue weighted by Gasteiger charge is -1.97. The Balaban J connectivity index is 1.86. The average molecular weight is 252 g/mol. The SMILES string of the molecule is O=C(Cc1cc2ccccc2s1)c1ccccc1. The van der Waals surface area contributed by atoms with E-state index in [2.05, 4.69) is 18.2 Å². The summed E-state index contributed by atoms with van der Waals surface area (Å²) in [5.74, 6) is 0.183. The molecule has 3 rings (SSSR count). The molecule has 2 heteroatoms. The summed E-state index contributed by atoms with van der Waals surface area (Å²) < 4.78 is 1.24. The fourth-order valence-electron chi connectivity index (χ4n) is 2.01. The monoisotopic (exact) mass is 252 g/mol. The Bertz CT molecular complexity index is 649. The van der Waals surface area contributed by atoms with Gasteiger partial charge >= 0.3 is 0 Å². The highest BCUT2D eigenvalue weighted by Gasteiger charge is 2.08. The van der Waals surface area contributed by atoms with Gasteiger partial charge in [0, 0.05) is 21.6 Å². The zero-order valence-corrected chi connectivity index (χ0v) is 10.6. The van der Waals surface area contributed by atoms with Gasteiger partial charge in [0.25, 0.3) is 0 Å². The van der Waals surface area contributed by atoms with E-state index < -0.39 is 0 Å². The van der Waals surface area contributed by atoms with Crippen molar-refractivity contribution in [3.8, 4) is 0 Å². The van der Waals surface area contributed by atoms with Gasteiger partial charge in [0.1, 0.15) is 0 Å². The quantitative estimate of drug-likeness (QED) is 0.634. The first-order valence-electron chi connectivity index (χ1n) is 5.88. The van der Waals surface area contributed by atoms with Crippen molar-refractivity contribution in [1.82, 2.24) is 0 Å². The molecule has 0 aliphatic heterocycles. The zero-order valence-electron chi connectivity index (χ0n) is 9.80. The number of benzene rings is 2. The van der Waals surface area contributed by atoms with Crippen molar-refractivity contribution < 1.29 is 4.79 Å². The Kier molecular flexibility index (Phi) is 2.95. The first-order chi connectivity index (χ1) is 8.83. The maximum Gasteiger partial charge on any atom is 0.168 e. The van der Waals surface area contributed by atoms with E-state index in [1.54, 1.807) is 11.3 Å². The van der Waals surface area contributed by atoms with E-state index >= 15 is 0 Å². The van der Waals surface area contributed by atoms with E-state index in [4.69, 9.17) is 0 Å². The summed E-state index contributed by atoms with van der Waals surface area (Å²) in [7, 11) is 0. The molecule has 0 saturated heterocycles. The molecule has 1 heterocycles. The van der Waals surface area contributed by atoms with Crippen LogP contribution >= 0.6 is 11.3 Å². The third kappa shape index (κ3) is 2.20. The molecule has 0 spiro atoms. The van der Waals surface area contributed by atoms with Gasteiger partial charge in [0.2, 0.25) is 0 Å². The predicted molar refractivity (Wildman–Crippen MR) is 76.3 cm³/mol. The van der Waals surface area contributed by atoms with E-state index in [-0.39, 0.29) is 5.78 Å². The van der Waals surface area contributed by atoms with Gasteiger partial charge in [-0.2, -0.15) is 0 Å². The number of Topliss-reactive ketones (excluding diaryl/α,β-unsaturated/α-hetero) is 1. The minimum atomic E-state index is 0.183. The van der Waals surface area contributed by atoms with E-state index in [1.165, 1.54) is 10.1 Å². The number of rotatable bonds is 3. The van der Waals surface area contributed by atoms with Crippen molar-refractivity contribution in [2.45, 2.75) is 6.42 Å². The topological polar surface area (TPSA) is 17.1 Å². The van der Waals surface area contributed by atoms with E-state index in [0.717, 1.165) is 10.4 Å². The summed E-state index contributed by atoms with van der Waals surface area (Å²) in [6.45, 7) is 0. The van der Waals surface area contributed by atoms with Crippen molar-refractivity contribution in [2.75, 3.05) is 0 Å². The number of carbonyl (C=O) groups is 1. The third-order valence-corrected chi connectivity index (χ3v) is 4.02. The Morgan fingerprint density at radius 3 is 2.44 bits per heavy atom. The van der Waals surface area contributed by atoms with Crippen molar-refractivity contribution in [3.63, 3.8) is 0 Å². The summed E-state index contributed by atoms with van der Waals surface area (Å²) in [4.78, 5) is 13.2. The molecule has 1 aromatic heterocycles. The van der Waals surface area contributed by atoms with Gasteiger partial charge in [-0.1, -0.05) is 48.5 Å². The first-order valence-corrected chi connectivity index (χ1v) is 6.70. The van der Waals surface area contributed by atoms with Crippen LogP contribution in [0.4, 0.5) is 0 Å². The van der Waals surface area contributed by atoms with Gasteiger partial charge in [-0.15, -0.1) is 11.3 Å². The minimum Gasteiger partial charge on any atom is -0.294 e. The molecular formula is C16H12OS. The van der Waals surface area contributed by atoms with Gasteiger partial charge in [0.15, 0.2) is 5.78 Å². The molecule has 0 unspecified atom stereocenters. The second-order valence-electron chi connectivity index (χ2n) is 4.22. The molecule has 0 saturated carbocycles. The summed E-state index contributed by atoms with van der Waals surface area (Å²) in [6.07, 6.45) is 0.489. The van der Waals surface area contributed by atoms with Crippen molar-refractivity contribution >= 4 is 27.2 Å². The Morgan fingerprint density at radius 1 is 0.944 bits per heavy atom. The summed E-state index contributed by atoms with van der Waals surface area (Å²) >= 11 is 1.70. The normalized spacial score (nSPS) is 10.7. The van der Waals surface area contributed by atoms with Gasteiger partial charge in [0.05, 0.1) is 0 Å². The standard InChI is InChI=1S/C16H12OS/c17-15(12-6-2-1-3-7-12)11-14-10-13-8-4-5-9-16(13)18-14/h1-10H,11H2. The van der Waals surface area contributed by atoms with E-state index in [0.29, 0.717) is 6.42 Å². The van der Waals surface area contributed by atoms with Gasteiger partial charge in [-0.05, 0) is 17.5 Å². The second-order valence-corrected chi connectivity index (χ2v) is 5.38. The molecule has 88 valence electrons. The van der Waals surface area contributed by atoms with Gasteiger partial charge in [-0.25, -0.2) is 0 Å². The maximum absolute atomic E-state index is 12.1. The van der Waals surface area contributed by atoms with Gasteiger partial charge < -0.3 is 0 Å². The Morgan fingerprint density at radius 2 is 1.67 bits per heavy atom. The first kappa shape index (κ1) is 11.2. The highest BCUT2D eigenvalue weighted by atomic mass is 32.1. The lowest BCUT2D eigenvalue weighted by molar-refractivity contribution is 0.0994. The average Bonchev–Trinajstić information content (AvgIpc) is 2.82. The molecule has 1 nitrogen and oxygen atoms in total. The van der Waals surface area contributed by atoms with Crippen LogP contribution in [0.15, 0.2) is 60.7 Å². The second kappa shape index (κ2) is 4.75. The summed E-state index contributed by atoms with van der Waals surface area (Å²) in [5.41, 5.74) is 0.787. The molecule has 0 fully saturated rings. The van der Waals surface area contributed by atoms with Crippen LogP contribution in [0.1, 0.15) is 15.2 Å². The van der Waals surface area contributed by atoms with Crippen LogP contribution in [-0.2, 0) is 6.42 Å². The van der Waals surface area contributed by atoms with Crippen LogP contribution in [-0.4, -0.2) is 5.78 Å². The molecular weight excluding hydrogens is 240 g/mol. The molecule has 0 bridgehead atoms. The molecule has 0 radical (unpaired) electrons. The fourth-order valence-corrected chi connectivity index (χ4v) is 3.07. The zero-order chi connectivity index (χ0) is 12.4.